The molecule has 32 heavy (non-hydrogen) atoms. The van der Waals surface area contributed by atoms with Gasteiger partial charge in [0.05, 0.1) is 24.0 Å². The van der Waals surface area contributed by atoms with Gasteiger partial charge in [0.2, 0.25) is 0 Å². The molecule has 2 unspecified atom stereocenters. The third-order valence-electron chi connectivity index (χ3n) is 5.48. The van der Waals surface area contributed by atoms with Crippen molar-refractivity contribution >= 4 is 34.2 Å². The maximum atomic E-state index is 13.3. The molecule has 0 spiro atoms. The third-order valence-corrected chi connectivity index (χ3v) is 5.73. The van der Waals surface area contributed by atoms with Crippen LogP contribution in [0.5, 0.6) is 11.5 Å². The molecule has 7 heteroatoms. The van der Waals surface area contributed by atoms with Crippen molar-refractivity contribution in [2.24, 2.45) is 0 Å². The molecular formula is C25H18ClNO5. The molecule has 1 N–H and O–H groups in total. The Bertz CT molecular complexity index is 1380. The summed E-state index contributed by atoms with van der Waals surface area (Å²) in [5.41, 5.74) is 1.47. The Morgan fingerprint density at radius 3 is 2.59 bits per heavy atom. The topological polar surface area (TPSA) is 77.8 Å². The second-order valence-electron chi connectivity index (χ2n) is 7.42. The average Bonchev–Trinajstić information content (AvgIpc) is 3.22. The number of methoxy groups -OCH3 is 1. The van der Waals surface area contributed by atoms with Gasteiger partial charge in [-0.15, -0.1) is 0 Å². The van der Waals surface area contributed by atoms with Gasteiger partial charge in [-0.3, -0.25) is 4.79 Å². The highest BCUT2D eigenvalue weighted by Gasteiger charge is 2.44. The number of hydrogen-bond donors (Lipinski definition) is 1. The molecule has 6 nitrogen and oxygen atoms in total. The summed E-state index contributed by atoms with van der Waals surface area (Å²) in [7, 11) is 1.55. The average molecular weight is 448 g/mol. The molecule has 0 aliphatic carbocycles. The summed E-state index contributed by atoms with van der Waals surface area (Å²) < 4.78 is 16.9. The number of fused-ring (bicyclic) bond motifs is 3. The van der Waals surface area contributed by atoms with Crippen LogP contribution in [0.25, 0.3) is 11.0 Å². The Morgan fingerprint density at radius 1 is 1.03 bits per heavy atom. The van der Waals surface area contributed by atoms with Crippen LogP contribution in [0, 0.1) is 0 Å². The normalized spacial score (nSPS) is 16.9. The number of halogens is 1. The van der Waals surface area contributed by atoms with Crippen molar-refractivity contribution in [1.29, 1.82) is 0 Å². The molecule has 0 radical (unpaired) electrons. The number of anilines is 1. The summed E-state index contributed by atoms with van der Waals surface area (Å²) >= 11 is 6.06. The fourth-order valence-electron chi connectivity index (χ4n) is 4.01. The summed E-state index contributed by atoms with van der Waals surface area (Å²) in [6, 6.07) is 21.1. The van der Waals surface area contributed by atoms with Crippen LogP contribution in [0.1, 0.15) is 17.0 Å². The molecule has 1 aliphatic rings. The number of amides is 1. The lowest BCUT2D eigenvalue weighted by molar-refractivity contribution is -0.122. The van der Waals surface area contributed by atoms with Crippen molar-refractivity contribution in [3.05, 3.63) is 99.4 Å². The molecule has 4 aromatic rings. The molecule has 0 bridgehead atoms. The van der Waals surface area contributed by atoms with E-state index in [4.69, 9.17) is 25.5 Å². The second kappa shape index (κ2) is 8.05. The van der Waals surface area contributed by atoms with E-state index in [0.29, 0.717) is 38.7 Å². The fourth-order valence-corrected chi connectivity index (χ4v) is 4.13. The largest absolute Gasteiger partial charge is 0.497 e. The lowest BCUT2D eigenvalue weighted by Gasteiger charge is -2.19. The van der Waals surface area contributed by atoms with Crippen LogP contribution in [0.4, 0.5) is 5.69 Å². The highest BCUT2D eigenvalue weighted by Crippen LogP contribution is 2.44. The van der Waals surface area contributed by atoms with Gasteiger partial charge in [-0.1, -0.05) is 41.9 Å². The molecule has 160 valence electrons. The highest BCUT2D eigenvalue weighted by atomic mass is 35.5. The Balaban J connectivity index is 1.61. The van der Waals surface area contributed by atoms with Crippen LogP contribution in [-0.2, 0) is 4.79 Å². The van der Waals surface area contributed by atoms with Crippen molar-refractivity contribution in [1.82, 2.24) is 0 Å². The molecule has 2 heterocycles. The van der Waals surface area contributed by atoms with E-state index in [1.807, 2.05) is 6.07 Å². The summed E-state index contributed by atoms with van der Waals surface area (Å²) in [6.45, 7) is 0. The number of rotatable bonds is 4. The monoisotopic (exact) mass is 447 g/mol. The molecule has 1 aliphatic heterocycles. The molecule has 0 saturated heterocycles. The van der Waals surface area contributed by atoms with Crippen LogP contribution in [0.3, 0.4) is 0 Å². The summed E-state index contributed by atoms with van der Waals surface area (Å²) in [6.07, 6.45) is -0.980. The van der Waals surface area contributed by atoms with Crippen LogP contribution in [0.15, 0.2) is 82.0 Å². The minimum absolute atomic E-state index is 0.316. The number of hydrogen-bond acceptors (Lipinski definition) is 5. The number of carbonyl (C=O) groups excluding carboxylic acids is 1. The molecular weight excluding hydrogens is 430 g/mol. The lowest BCUT2D eigenvalue weighted by atomic mass is 9.88. The molecule has 0 fully saturated rings. The molecule has 2 atom stereocenters. The maximum absolute atomic E-state index is 13.3. The van der Waals surface area contributed by atoms with Crippen LogP contribution >= 0.6 is 11.6 Å². The van der Waals surface area contributed by atoms with Gasteiger partial charge in [0.1, 0.15) is 17.1 Å². The van der Waals surface area contributed by atoms with Gasteiger partial charge >= 0.3 is 5.63 Å². The van der Waals surface area contributed by atoms with Crippen molar-refractivity contribution in [2.45, 2.75) is 12.0 Å². The first-order chi connectivity index (χ1) is 15.5. The van der Waals surface area contributed by atoms with Crippen molar-refractivity contribution in [3.63, 3.8) is 0 Å². The number of benzene rings is 3. The molecule has 5 rings (SSSR count). The van der Waals surface area contributed by atoms with E-state index in [0.717, 1.165) is 5.56 Å². The minimum Gasteiger partial charge on any atom is -0.497 e. The SMILES string of the molecule is COc1cccc(NC(=O)C2Oc3c(c(=O)oc4ccccc34)C2c2ccc(Cl)cc2)c1. The van der Waals surface area contributed by atoms with Crippen molar-refractivity contribution in [3.8, 4) is 11.5 Å². The van der Waals surface area contributed by atoms with Crippen LogP contribution in [-0.4, -0.2) is 19.1 Å². The standard InChI is InChI=1S/C25H18ClNO5/c1-30-17-6-4-5-16(13-17)27-24(28)23-20(14-9-11-15(26)12-10-14)21-22(32-23)18-7-2-3-8-19(18)31-25(21)29/h2-13,20,23H,1H3,(H,27,28). The first-order valence-electron chi connectivity index (χ1n) is 9.98. The third kappa shape index (κ3) is 3.48. The van der Waals surface area contributed by atoms with Gasteiger partial charge in [-0.05, 0) is 42.0 Å². The van der Waals surface area contributed by atoms with Crippen molar-refractivity contribution in [2.75, 3.05) is 12.4 Å². The van der Waals surface area contributed by atoms with E-state index >= 15 is 0 Å². The van der Waals surface area contributed by atoms with E-state index in [9.17, 15) is 9.59 Å². The summed E-state index contributed by atoms with van der Waals surface area (Å²) in [4.78, 5) is 26.3. The molecule has 0 saturated carbocycles. The molecule has 3 aromatic carbocycles. The Kier molecular flexibility index (Phi) is 5.07. The van der Waals surface area contributed by atoms with E-state index in [-0.39, 0.29) is 0 Å². The van der Waals surface area contributed by atoms with Crippen molar-refractivity contribution < 1.29 is 18.7 Å². The van der Waals surface area contributed by atoms with Gasteiger partial charge < -0.3 is 19.2 Å². The number of para-hydroxylation sites is 1. The van der Waals surface area contributed by atoms with Crippen LogP contribution < -0.4 is 20.4 Å². The summed E-state index contributed by atoms with van der Waals surface area (Å²) in [5.74, 6) is -0.0754. The van der Waals surface area contributed by atoms with Crippen LogP contribution in [0.2, 0.25) is 5.02 Å². The zero-order chi connectivity index (χ0) is 22.2. The van der Waals surface area contributed by atoms with Gasteiger partial charge in [0.15, 0.2) is 6.10 Å². The fraction of sp³-hybridized carbons (Fsp3) is 0.120. The smallest absolute Gasteiger partial charge is 0.344 e. The first kappa shape index (κ1) is 20.2. The minimum atomic E-state index is -0.980. The van der Waals surface area contributed by atoms with E-state index in [1.54, 1.807) is 73.8 Å². The summed E-state index contributed by atoms with van der Waals surface area (Å²) in [5, 5.41) is 4.06. The number of ether oxygens (including phenoxy) is 2. The predicted molar refractivity (Wildman–Crippen MR) is 122 cm³/mol. The van der Waals surface area contributed by atoms with Gasteiger partial charge in [-0.2, -0.15) is 0 Å². The second-order valence-corrected chi connectivity index (χ2v) is 7.85. The Morgan fingerprint density at radius 2 is 1.81 bits per heavy atom. The number of carbonyl (C=O) groups is 1. The van der Waals surface area contributed by atoms with Gasteiger partial charge in [0.25, 0.3) is 5.91 Å². The predicted octanol–water partition coefficient (Wildman–Crippen LogP) is 4.99. The highest BCUT2D eigenvalue weighted by molar-refractivity contribution is 6.30. The van der Waals surface area contributed by atoms with Gasteiger partial charge in [-0.25, -0.2) is 4.79 Å². The molecule has 1 amide bonds. The Hall–Kier alpha value is -3.77. The number of nitrogens with one attached hydrogen (secondary N) is 1. The van der Waals surface area contributed by atoms with E-state index < -0.39 is 23.6 Å². The quantitative estimate of drug-likeness (QED) is 0.446. The first-order valence-corrected chi connectivity index (χ1v) is 10.4. The lowest BCUT2D eigenvalue weighted by Crippen LogP contribution is -2.35. The zero-order valence-electron chi connectivity index (χ0n) is 17.0. The van der Waals surface area contributed by atoms with Gasteiger partial charge in [0, 0.05) is 16.8 Å². The molecule has 1 aromatic heterocycles. The Labute approximate surface area is 188 Å². The van der Waals surface area contributed by atoms with E-state index in [1.165, 1.54) is 0 Å². The van der Waals surface area contributed by atoms with E-state index in [2.05, 4.69) is 5.32 Å². The maximum Gasteiger partial charge on any atom is 0.344 e. The zero-order valence-corrected chi connectivity index (χ0v) is 17.8.